The standard InChI is InChI=1S/C21H30N2O4/c1-2-22-9-3-5-17(22)15-23(21(24)19-6-4-10-25-19)14-16-7-8-18-20(13-16)27-12-11-26-18/h7-8,13,17,19H,2-6,9-12,14-15H2,1H3/p+1/t17-,19+/m1/s1. The molecular formula is C21H31N2O4+. The lowest BCUT2D eigenvalue weighted by Crippen LogP contribution is -3.14. The minimum absolute atomic E-state index is 0.143. The number of carbonyl (C=O) groups is 1. The SMILES string of the molecule is CC[NH+]1CCC[C@@H]1CN(Cc1ccc2c(c1)OCCO2)C(=O)[C@@H]1CCCO1. The molecule has 3 heterocycles. The molecule has 1 unspecified atom stereocenters. The van der Waals surface area contributed by atoms with E-state index in [9.17, 15) is 4.79 Å². The molecule has 1 N–H and O–H groups in total. The van der Waals surface area contributed by atoms with E-state index in [0.717, 1.165) is 43.0 Å². The first kappa shape index (κ1) is 18.6. The van der Waals surface area contributed by atoms with Crippen LogP contribution in [0, 0.1) is 0 Å². The van der Waals surface area contributed by atoms with E-state index in [1.807, 2.05) is 23.1 Å². The third kappa shape index (κ3) is 4.22. The van der Waals surface area contributed by atoms with Crippen molar-refractivity contribution in [2.24, 2.45) is 0 Å². The molecule has 1 aromatic carbocycles. The van der Waals surface area contributed by atoms with Crippen LogP contribution in [0.15, 0.2) is 18.2 Å². The Morgan fingerprint density at radius 2 is 2.00 bits per heavy atom. The van der Waals surface area contributed by atoms with E-state index in [0.29, 0.717) is 32.4 Å². The topological polar surface area (TPSA) is 52.4 Å². The van der Waals surface area contributed by atoms with Gasteiger partial charge in [0.05, 0.1) is 19.6 Å². The lowest BCUT2D eigenvalue weighted by molar-refractivity contribution is -0.909. The minimum atomic E-state index is -0.270. The number of quaternary nitrogens is 1. The van der Waals surface area contributed by atoms with Crippen molar-refractivity contribution in [3.05, 3.63) is 23.8 Å². The molecule has 2 saturated heterocycles. The molecule has 0 radical (unpaired) electrons. The predicted octanol–water partition coefficient (Wildman–Crippen LogP) is 1.03. The average molecular weight is 375 g/mol. The van der Waals surface area contributed by atoms with Crippen LogP contribution in [0.25, 0.3) is 0 Å². The van der Waals surface area contributed by atoms with Crippen LogP contribution in [0.2, 0.25) is 0 Å². The fourth-order valence-electron chi connectivity index (χ4n) is 4.55. The van der Waals surface area contributed by atoms with Crippen molar-refractivity contribution >= 4 is 5.91 Å². The summed E-state index contributed by atoms with van der Waals surface area (Å²) >= 11 is 0. The monoisotopic (exact) mass is 375 g/mol. The quantitative estimate of drug-likeness (QED) is 0.807. The minimum Gasteiger partial charge on any atom is -0.486 e. The summed E-state index contributed by atoms with van der Waals surface area (Å²) in [5.41, 5.74) is 1.08. The number of benzene rings is 1. The van der Waals surface area contributed by atoms with Gasteiger partial charge in [-0.1, -0.05) is 6.07 Å². The molecule has 4 rings (SSSR count). The lowest BCUT2D eigenvalue weighted by atomic mass is 10.1. The molecule has 3 atom stereocenters. The molecule has 1 aromatic rings. The van der Waals surface area contributed by atoms with Gasteiger partial charge in [-0.15, -0.1) is 0 Å². The van der Waals surface area contributed by atoms with Gasteiger partial charge in [0, 0.05) is 26.0 Å². The van der Waals surface area contributed by atoms with E-state index in [1.165, 1.54) is 19.4 Å². The highest BCUT2D eigenvalue weighted by molar-refractivity contribution is 5.81. The van der Waals surface area contributed by atoms with Crippen LogP contribution in [-0.2, 0) is 16.1 Å². The average Bonchev–Trinajstić information content (AvgIpc) is 3.38. The fraction of sp³-hybridized carbons (Fsp3) is 0.667. The number of hydrogen-bond acceptors (Lipinski definition) is 4. The molecule has 0 bridgehead atoms. The first-order valence-corrected chi connectivity index (χ1v) is 10.4. The Labute approximate surface area is 161 Å². The van der Waals surface area contributed by atoms with Crippen molar-refractivity contribution < 1.29 is 23.9 Å². The fourth-order valence-corrected chi connectivity index (χ4v) is 4.55. The molecule has 148 valence electrons. The third-order valence-electron chi connectivity index (χ3n) is 6.02. The van der Waals surface area contributed by atoms with Crippen LogP contribution in [0.3, 0.4) is 0 Å². The van der Waals surface area contributed by atoms with Gasteiger partial charge in [-0.25, -0.2) is 0 Å². The number of amides is 1. The summed E-state index contributed by atoms with van der Waals surface area (Å²) in [6.45, 7) is 7.84. The number of likely N-dealkylation sites (tertiary alicyclic amines) is 1. The molecule has 1 amide bonds. The zero-order valence-electron chi connectivity index (χ0n) is 16.2. The van der Waals surface area contributed by atoms with Crippen molar-refractivity contribution in [1.82, 2.24) is 4.90 Å². The summed E-state index contributed by atoms with van der Waals surface area (Å²) in [7, 11) is 0. The lowest BCUT2D eigenvalue weighted by Gasteiger charge is -2.30. The summed E-state index contributed by atoms with van der Waals surface area (Å²) in [6.07, 6.45) is 3.99. The second-order valence-corrected chi connectivity index (χ2v) is 7.80. The van der Waals surface area contributed by atoms with Gasteiger partial charge < -0.3 is 24.0 Å². The van der Waals surface area contributed by atoms with Crippen LogP contribution >= 0.6 is 0 Å². The maximum Gasteiger partial charge on any atom is 0.252 e. The molecule has 3 aliphatic heterocycles. The van der Waals surface area contributed by atoms with Gasteiger partial charge in [0.25, 0.3) is 5.91 Å². The number of nitrogens with one attached hydrogen (secondary N) is 1. The third-order valence-corrected chi connectivity index (χ3v) is 6.02. The van der Waals surface area contributed by atoms with Gasteiger partial charge in [-0.3, -0.25) is 4.79 Å². The maximum absolute atomic E-state index is 13.2. The van der Waals surface area contributed by atoms with E-state index in [4.69, 9.17) is 14.2 Å². The van der Waals surface area contributed by atoms with Crippen LogP contribution in [0.1, 0.15) is 38.2 Å². The van der Waals surface area contributed by atoms with E-state index in [2.05, 4.69) is 6.92 Å². The Bertz CT molecular complexity index is 660. The molecule has 0 spiro atoms. The van der Waals surface area contributed by atoms with Crippen molar-refractivity contribution in [2.45, 2.75) is 51.3 Å². The van der Waals surface area contributed by atoms with Gasteiger partial charge in [0.2, 0.25) is 0 Å². The number of fused-ring (bicyclic) bond motifs is 1. The first-order chi connectivity index (χ1) is 13.2. The zero-order chi connectivity index (χ0) is 18.6. The predicted molar refractivity (Wildman–Crippen MR) is 101 cm³/mol. The summed E-state index contributed by atoms with van der Waals surface area (Å²) in [4.78, 5) is 16.8. The Balaban J connectivity index is 1.50. The van der Waals surface area contributed by atoms with Crippen LogP contribution in [0.5, 0.6) is 11.5 Å². The number of carbonyl (C=O) groups excluding carboxylic acids is 1. The molecule has 2 fully saturated rings. The van der Waals surface area contributed by atoms with Crippen LogP contribution < -0.4 is 14.4 Å². The Morgan fingerprint density at radius 1 is 1.15 bits per heavy atom. The highest BCUT2D eigenvalue weighted by Gasteiger charge is 2.34. The van der Waals surface area contributed by atoms with Crippen LogP contribution in [-0.4, -0.2) is 62.4 Å². The van der Waals surface area contributed by atoms with Gasteiger partial charge in [-0.05, 0) is 37.5 Å². The number of likely N-dealkylation sites (N-methyl/N-ethyl adjacent to an activating group) is 1. The smallest absolute Gasteiger partial charge is 0.252 e. The molecule has 0 aliphatic carbocycles. The molecule has 6 nitrogen and oxygen atoms in total. The molecule has 27 heavy (non-hydrogen) atoms. The second-order valence-electron chi connectivity index (χ2n) is 7.80. The van der Waals surface area contributed by atoms with E-state index < -0.39 is 0 Å². The van der Waals surface area contributed by atoms with Crippen molar-refractivity contribution in [2.75, 3.05) is 39.5 Å². The van der Waals surface area contributed by atoms with Crippen molar-refractivity contribution in [1.29, 1.82) is 0 Å². The number of ether oxygens (including phenoxy) is 3. The van der Waals surface area contributed by atoms with E-state index >= 15 is 0 Å². The Morgan fingerprint density at radius 3 is 2.78 bits per heavy atom. The molecule has 6 heteroatoms. The number of rotatable bonds is 6. The molecule has 0 aromatic heterocycles. The Hall–Kier alpha value is -1.79. The van der Waals surface area contributed by atoms with Gasteiger partial charge in [-0.2, -0.15) is 0 Å². The normalized spacial score (nSPS) is 26.9. The number of nitrogens with zero attached hydrogens (tertiary/aromatic N) is 1. The summed E-state index contributed by atoms with van der Waals surface area (Å²) in [6, 6.07) is 6.54. The Kier molecular flexibility index (Phi) is 5.83. The second kappa shape index (κ2) is 8.48. The van der Waals surface area contributed by atoms with Crippen molar-refractivity contribution in [3.8, 4) is 11.5 Å². The van der Waals surface area contributed by atoms with Gasteiger partial charge >= 0.3 is 0 Å². The molecular weight excluding hydrogens is 344 g/mol. The molecule has 3 aliphatic rings. The molecule has 0 saturated carbocycles. The van der Waals surface area contributed by atoms with Crippen LogP contribution in [0.4, 0.5) is 0 Å². The summed E-state index contributed by atoms with van der Waals surface area (Å²) in [5.74, 6) is 1.72. The summed E-state index contributed by atoms with van der Waals surface area (Å²) in [5, 5.41) is 0. The largest absolute Gasteiger partial charge is 0.486 e. The van der Waals surface area contributed by atoms with Gasteiger partial charge in [0.1, 0.15) is 25.4 Å². The highest BCUT2D eigenvalue weighted by atomic mass is 16.6. The van der Waals surface area contributed by atoms with E-state index in [1.54, 1.807) is 4.90 Å². The zero-order valence-corrected chi connectivity index (χ0v) is 16.2. The highest BCUT2D eigenvalue weighted by Crippen LogP contribution is 2.31. The maximum atomic E-state index is 13.2. The summed E-state index contributed by atoms with van der Waals surface area (Å²) < 4.78 is 17.0. The first-order valence-electron chi connectivity index (χ1n) is 10.4. The van der Waals surface area contributed by atoms with E-state index in [-0.39, 0.29) is 12.0 Å². The van der Waals surface area contributed by atoms with Gasteiger partial charge in [0.15, 0.2) is 11.5 Å². The van der Waals surface area contributed by atoms with Crippen molar-refractivity contribution in [3.63, 3.8) is 0 Å². The number of hydrogen-bond donors (Lipinski definition) is 1.